The van der Waals surface area contributed by atoms with Gasteiger partial charge in [0.25, 0.3) is 5.91 Å². The van der Waals surface area contributed by atoms with Gasteiger partial charge in [-0.15, -0.1) is 0 Å². The number of carbonyl (C=O) groups excluding carboxylic acids is 1. The van der Waals surface area contributed by atoms with Gasteiger partial charge < -0.3 is 10.3 Å². The third-order valence-corrected chi connectivity index (χ3v) is 4.52. The van der Waals surface area contributed by atoms with E-state index in [1.165, 1.54) is 6.08 Å². The molecule has 6 nitrogen and oxygen atoms in total. The second-order valence-corrected chi connectivity index (χ2v) is 6.63. The molecule has 2 N–H and O–H groups in total. The maximum Gasteiger partial charge on any atom is 0.251 e. The van der Waals surface area contributed by atoms with E-state index in [1.807, 2.05) is 0 Å². The lowest BCUT2D eigenvalue weighted by atomic mass is 10.0. The normalized spacial score (nSPS) is 10.6. The van der Waals surface area contributed by atoms with Gasteiger partial charge in [0.05, 0.1) is 22.4 Å². The fourth-order valence-corrected chi connectivity index (χ4v) is 2.85. The Labute approximate surface area is 174 Å². The van der Waals surface area contributed by atoms with E-state index in [2.05, 4.69) is 51.6 Å². The number of benzene rings is 1. The molecule has 0 radical (unpaired) electrons. The number of amides is 1. The Morgan fingerprint density at radius 1 is 1.17 bits per heavy atom. The van der Waals surface area contributed by atoms with Crippen molar-refractivity contribution < 1.29 is 9.18 Å². The van der Waals surface area contributed by atoms with Gasteiger partial charge in [0.1, 0.15) is 11.7 Å². The third kappa shape index (κ3) is 4.57. The van der Waals surface area contributed by atoms with Crippen molar-refractivity contribution in [2.45, 2.75) is 12.8 Å². The number of fused-ring (bicyclic) bond motifs is 1. The van der Waals surface area contributed by atoms with Crippen LogP contribution in [0.2, 0.25) is 0 Å². The zero-order chi connectivity index (χ0) is 21.7. The van der Waals surface area contributed by atoms with E-state index >= 15 is 0 Å². The number of hydrogen-bond acceptors (Lipinski definition) is 4. The number of nitrogens with one attached hydrogen (secondary N) is 2. The summed E-state index contributed by atoms with van der Waals surface area (Å²) in [6, 6.07) is 4.97. The average Bonchev–Trinajstić information content (AvgIpc) is 3.27. The Morgan fingerprint density at radius 3 is 2.60 bits per heavy atom. The standard InChI is InChI=1S/C23H22FN5O/c1-5-14(2)21-22(15(3)16(4)24)29-19-13-17(8-9-18(19)28-21)23(30)27-10-6-7-20-25-11-12-26-20/h5,8-9,11-13H,1-4,6-7,10H2,(H,25,26)(H,27,30). The highest BCUT2D eigenvalue weighted by molar-refractivity contribution is 5.98. The summed E-state index contributed by atoms with van der Waals surface area (Å²) in [4.78, 5) is 28.7. The topological polar surface area (TPSA) is 83.6 Å². The molecule has 0 saturated carbocycles. The summed E-state index contributed by atoms with van der Waals surface area (Å²) in [5.41, 5.74) is 2.50. The molecule has 0 unspecified atom stereocenters. The molecule has 3 rings (SSSR count). The second kappa shape index (κ2) is 9.09. The zero-order valence-electron chi connectivity index (χ0n) is 16.5. The summed E-state index contributed by atoms with van der Waals surface area (Å²) >= 11 is 0. The van der Waals surface area contributed by atoms with Crippen LogP contribution >= 0.6 is 0 Å². The smallest absolute Gasteiger partial charge is 0.251 e. The predicted molar refractivity (Wildman–Crippen MR) is 117 cm³/mol. The number of hydrogen-bond donors (Lipinski definition) is 2. The molecule has 0 fully saturated rings. The maximum absolute atomic E-state index is 13.7. The molecule has 0 saturated heterocycles. The molecule has 0 aliphatic carbocycles. The summed E-state index contributed by atoms with van der Waals surface area (Å²) in [6.07, 6.45) is 6.47. The number of aromatic amines is 1. The van der Waals surface area contributed by atoms with Crippen molar-refractivity contribution in [1.29, 1.82) is 0 Å². The monoisotopic (exact) mass is 403 g/mol. The van der Waals surface area contributed by atoms with Crippen LogP contribution in [0.15, 0.2) is 68.8 Å². The molecule has 3 aromatic rings. The lowest BCUT2D eigenvalue weighted by Gasteiger charge is -2.12. The first-order valence-corrected chi connectivity index (χ1v) is 9.34. The molecule has 1 amide bonds. The van der Waals surface area contributed by atoms with Crippen LogP contribution in [0, 0.1) is 0 Å². The van der Waals surface area contributed by atoms with Crippen molar-refractivity contribution in [3.63, 3.8) is 0 Å². The molecule has 2 heterocycles. The van der Waals surface area contributed by atoms with Gasteiger partial charge in [0.2, 0.25) is 0 Å². The lowest BCUT2D eigenvalue weighted by Crippen LogP contribution is -2.24. The number of halogens is 1. The number of aryl methyl sites for hydroxylation is 1. The number of rotatable bonds is 9. The van der Waals surface area contributed by atoms with E-state index < -0.39 is 5.83 Å². The van der Waals surface area contributed by atoms with Crippen molar-refractivity contribution in [3.8, 4) is 0 Å². The maximum atomic E-state index is 13.7. The van der Waals surface area contributed by atoms with Crippen LogP contribution in [0.4, 0.5) is 4.39 Å². The van der Waals surface area contributed by atoms with Crippen molar-refractivity contribution in [2.75, 3.05) is 6.54 Å². The van der Waals surface area contributed by atoms with E-state index in [0.29, 0.717) is 34.4 Å². The van der Waals surface area contributed by atoms with Crippen LogP contribution in [0.25, 0.3) is 22.2 Å². The van der Waals surface area contributed by atoms with Gasteiger partial charge in [-0.2, -0.15) is 0 Å². The molecule has 152 valence electrons. The van der Waals surface area contributed by atoms with E-state index in [-0.39, 0.29) is 17.2 Å². The lowest BCUT2D eigenvalue weighted by molar-refractivity contribution is 0.0953. The predicted octanol–water partition coefficient (Wildman–Crippen LogP) is 4.41. The summed E-state index contributed by atoms with van der Waals surface area (Å²) in [5.74, 6) is -0.0652. The van der Waals surface area contributed by atoms with Crippen LogP contribution in [0.3, 0.4) is 0 Å². The quantitative estimate of drug-likeness (QED) is 0.409. The highest BCUT2D eigenvalue weighted by Gasteiger charge is 2.16. The van der Waals surface area contributed by atoms with Crippen LogP contribution in [0.1, 0.15) is 34.0 Å². The number of aromatic nitrogens is 4. The van der Waals surface area contributed by atoms with Gasteiger partial charge in [-0.05, 0) is 30.2 Å². The van der Waals surface area contributed by atoms with Gasteiger partial charge in [0, 0.05) is 36.5 Å². The molecule has 0 spiro atoms. The molecule has 1 aromatic carbocycles. The van der Waals surface area contributed by atoms with Crippen LogP contribution < -0.4 is 5.32 Å². The van der Waals surface area contributed by atoms with Crippen LogP contribution in [-0.2, 0) is 6.42 Å². The van der Waals surface area contributed by atoms with Gasteiger partial charge in [-0.3, -0.25) is 4.79 Å². The minimum absolute atomic E-state index is 0.00943. The summed E-state index contributed by atoms with van der Waals surface area (Å²) in [5, 5.41) is 2.87. The molecular weight excluding hydrogens is 381 g/mol. The van der Waals surface area contributed by atoms with E-state index in [0.717, 1.165) is 18.7 Å². The second-order valence-electron chi connectivity index (χ2n) is 6.63. The fraction of sp³-hybridized carbons (Fsp3) is 0.130. The Balaban J connectivity index is 1.82. The molecule has 7 heteroatoms. The highest BCUT2D eigenvalue weighted by atomic mass is 19.1. The summed E-state index contributed by atoms with van der Waals surface area (Å²) < 4.78 is 13.7. The summed E-state index contributed by atoms with van der Waals surface area (Å²) in [7, 11) is 0. The third-order valence-electron chi connectivity index (χ3n) is 4.52. The Bertz CT molecular complexity index is 1150. The van der Waals surface area contributed by atoms with Crippen LogP contribution in [0.5, 0.6) is 0 Å². The van der Waals surface area contributed by atoms with E-state index in [1.54, 1.807) is 30.6 Å². The Kier molecular flexibility index (Phi) is 6.32. The largest absolute Gasteiger partial charge is 0.352 e. The summed E-state index contributed by atoms with van der Waals surface area (Å²) in [6.45, 7) is 15.0. The van der Waals surface area contributed by atoms with Crippen molar-refractivity contribution in [2.24, 2.45) is 0 Å². The van der Waals surface area contributed by atoms with E-state index in [9.17, 15) is 9.18 Å². The van der Waals surface area contributed by atoms with Crippen LogP contribution in [-0.4, -0.2) is 32.4 Å². The average molecular weight is 403 g/mol. The van der Waals surface area contributed by atoms with E-state index in [4.69, 9.17) is 0 Å². The first-order chi connectivity index (χ1) is 14.4. The number of H-pyrrole nitrogens is 1. The van der Waals surface area contributed by atoms with Gasteiger partial charge in [0.15, 0.2) is 0 Å². The first-order valence-electron chi connectivity index (χ1n) is 9.34. The molecule has 0 bridgehead atoms. The minimum Gasteiger partial charge on any atom is -0.352 e. The molecule has 30 heavy (non-hydrogen) atoms. The Morgan fingerprint density at radius 2 is 1.93 bits per heavy atom. The SMILES string of the molecule is C=CC(=C)c1nc2ccc(C(=O)NCCCc3ncc[nH]3)cc2nc1C(=C)C(=C)F. The molecule has 0 aliphatic heterocycles. The number of nitrogens with zero attached hydrogens (tertiary/aromatic N) is 3. The molecule has 0 atom stereocenters. The highest BCUT2D eigenvalue weighted by Crippen LogP contribution is 2.28. The zero-order valence-corrected chi connectivity index (χ0v) is 16.5. The van der Waals surface area contributed by atoms with Gasteiger partial charge >= 0.3 is 0 Å². The first kappa shape index (κ1) is 20.9. The number of imidazole rings is 1. The minimum atomic E-state index is -0.716. The molecule has 0 aliphatic rings. The fourth-order valence-electron chi connectivity index (χ4n) is 2.85. The Hall–Kier alpha value is -3.87. The van der Waals surface area contributed by atoms with Crippen molar-refractivity contribution >= 4 is 28.1 Å². The van der Waals surface area contributed by atoms with Crippen molar-refractivity contribution in [3.05, 3.63) is 91.6 Å². The van der Waals surface area contributed by atoms with Gasteiger partial charge in [-0.1, -0.05) is 32.4 Å². The van der Waals surface area contributed by atoms with Crippen molar-refractivity contribution in [1.82, 2.24) is 25.3 Å². The molecular formula is C23H22FN5O. The number of carbonyl (C=O) groups is 1. The molecule has 2 aromatic heterocycles. The van der Waals surface area contributed by atoms with Gasteiger partial charge in [-0.25, -0.2) is 19.3 Å². The number of allylic oxidation sites excluding steroid dienone is 4.